The van der Waals surface area contributed by atoms with E-state index in [4.69, 9.17) is 5.14 Å². The number of rotatable bonds is 4. The van der Waals surface area contributed by atoms with E-state index in [1.54, 1.807) is 0 Å². The van der Waals surface area contributed by atoms with Crippen LogP contribution in [-0.4, -0.2) is 23.2 Å². The smallest absolute Gasteiger partial charge is 0.273 e. The summed E-state index contributed by atoms with van der Waals surface area (Å²) in [6.45, 7) is 2.45. The van der Waals surface area contributed by atoms with E-state index >= 15 is 0 Å². The molecule has 2 heterocycles. The van der Waals surface area contributed by atoms with Crippen LogP contribution in [0.4, 0.5) is 0 Å². The Balaban J connectivity index is 2.59. The monoisotopic (exact) mass is 350 g/mol. The molecule has 98 valence electrons. The molecule has 0 amide bonds. The van der Waals surface area contributed by atoms with Crippen molar-refractivity contribution >= 4 is 37.3 Å². The maximum Gasteiger partial charge on any atom is 0.273 e. The van der Waals surface area contributed by atoms with Crippen LogP contribution in [0.15, 0.2) is 20.4 Å². The Labute approximate surface area is 117 Å². The van der Waals surface area contributed by atoms with Gasteiger partial charge in [-0.05, 0) is 28.4 Å². The first kappa shape index (κ1) is 13.7. The first-order valence-electron chi connectivity index (χ1n) is 5.14. The molecule has 0 unspecified atom stereocenters. The van der Waals surface area contributed by atoms with Gasteiger partial charge in [0.05, 0.1) is 3.79 Å². The average molecular weight is 351 g/mol. The highest BCUT2D eigenvalue weighted by Crippen LogP contribution is 2.28. The van der Waals surface area contributed by atoms with Gasteiger partial charge in [0.25, 0.3) is 15.2 Å². The number of hydrogen-bond donors (Lipinski definition) is 1. The van der Waals surface area contributed by atoms with Crippen LogP contribution >= 0.6 is 27.3 Å². The zero-order valence-electron chi connectivity index (χ0n) is 9.50. The second kappa shape index (κ2) is 5.08. The van der Waals surface area contributed by atoms with Gasteiger partial charge in [0.15, 0.2) is 5.82 Å². The van der Waals surface area contributed by atoms with Crippen molar-refractivity contribution in [2.24, 2.45) is 5.14 Å². The molecule has 9 heteroatoms. The number of sulfonamides is 1. The molecule has 2 rings (SSSR count). The molecule has 6 nitrogen and oxygen atoms in total. The molecule has 0 spiro atoms. The van der Waals surface area contributed by atoms with Gasteiger partial charge in [-0.1, -0.05) is 6.92 Å². The minimum Gasteiger partial charge on any atom is -0.297 e. The van der Waals surface area contributed by atoms with Crippen molar-refractivity contribution in [1.82, 2.24) is 14.8 Å². The summed E-state index contributed by atoms with van der Waals surface area (Å²) in [5, 5.41) is 14.4. The number of hydrogen-bond acceptors (Lipinski definition) is 5. The van der Waals surface area contributed by atoms with E-state index in [-0.39, 0.29) is 5.16 Å². The Morgan fingerprint density at radius 1 is 1.50 bits per heavy atom. The van der Waals surface area contributed by atoms with Crippen molar-refractivity contribution in [1.29, 1.82) is 0 Å². The molecule has 0 fully saturated rings. The van der Waals surface area contributed by atoms with Gasteiger partial charge in [0, 0.05) is 17.5 Å². The largest absolute Gasteiger partial charge is 0.297 e. The number of primary sulfonamides is 1. The third-order valence-corrected chi connectivity index (χ3v) is 4.56. The van der Waals surface area contributed by atoms with E-state index in [1.807, 2.05) is 18.4 Å². The van der Waals surface area contributed by atoms with Gasteiger partial charge in [-0.15, -0.1) is 21.5 Å². The van der Waals surface area contributed by atoms with Gasteiger partial charge in [-0.2, -0.15) is 0 Å². The predicted molar refractivity (Wildman–Crippen MR) is 72.7 cm³/mol. The Hall–Kier alpha value is -0.770. The number of nitrogens with zero attached hydrogens (tertiary/aromatic N) is 3. The molecule has 0 atom stereocenters. The predicted octanol–water partition coefficient (Wildman–Crippen LogP) is 1.83. The molecule has 0 radical (unpaired) electrons. The summed E-state index contributed by atoms with van der Waals surface area (Å²) in [5.41, 5.74) is 0.822. The van der Waals surface area contributed by atoms with Crippen LogP contribution in [0.1, 0.15) is 13.3 Å². The summed E-state index contributed by atoms with van der Waals surface area (Å²) >= 11 is 4.86. The maximum atomic E-state index is 11.4. The second-order valence-electron chi connectivity index (χ2n) is 3.64. The minimum absolute atomic E-state index is 0.193. The van der Waals surface area contributed by atoms with E-state index in [0.29, 0.717) is 12.4 Å². The molecular weight excluding hydrogens is 340 g/mol. The SMILES string of the molecule is CCCn1c(-c2csc(Br)c2)nnc1S(N)(=O)=O. The fourth-order valence-electron chi connectivity index (χ4n) is 1.57. The highest BCUT2D eigenvalue weighted by molar-refractivity contribution is 9.11. The van der Waals surface area contributed by atoms with E-state index in [1.165, 1.54) is 15.9 Å². The van der Waals surface area contributed by atoms with E-state index < -0.39 is 10.0 Å². The van der Waals surface area contributed by atoms with Gasteiger partial charge in [-0.25, -0.2) is 13.6 Å². The second-order valence-corrected chi connectivity index (χ2v) is 7.39. The molecule has 2 aromatic rings. The first-order chi connectivity index (χ1) is 8.43. The maximum absolute atomic E-state index is 11.4. The molecule has 18 heavy (non-hydrogen) atoms. The number of nitrogens with two attached hydrogens (primary N) is 1. The van der Waals surface area contributed by atoms with E-state index in [0.717, 1.165) is 15.8 Å². The fourth-order valence-corrected chi connectivity index (χ4v) is 3.34. The van der Waals surface area contributed by atoms with Crippen molar-refractivity contribution < 1.29 is 8.42 Å². The summed E-state index contributed by atoms with van der Waals surface area (Å²) in [6.07, 6.45) is 0.763. The fraction of sp³-hybridized carbons (Fsp3) is 0.333. The topological polar surface area (TPSA) is 90.9 Å². The van der Waals surface area contributed by atoms with Gasteiger partial charge >= 0.3 is 0 Å². The molecule has 0 aliphatic rings. The summed E-state index contributed by atoms with van der Waals surface area (Å²) in [6, 6.07) is 1.87. The van der Waals surface area contributed by atoms with E-state index in [2.05, 4.69) is 26.1 Å². The van der Waals surface area contributed by atoms with Crippen LogP contribution in [0.2, 0.25) is 0 Å². The van der Waals surface area contributed by atoms with Crippen LogP contribution in [0.25, 0.3) is 11.4 Å². The number of thiophene rings is 1. The summed E-state index contributed by atoms with van der Waals surface area (Å²) in [4.78, 5) is 0. The first-order valence-corrected chi connectivity index (χ1v) is 8.35. The lowest BCUT2D eigenvalue weighted by molar-refractivity contribution is 0.559. The summed E-state index contributed by atoms with van der Waals surface area (Å²) < 4.78 is 25.3. The lowest BCUT2D eigenvalue weighted by Gasteiger charge is -2.06. The highest BCUT2D eigenvalue weighted by Gasteiger charge is 2.21. The molecule has 2 N–H and O–H groups in total. The molecule has 0 saturated carbocycles. The quantitative estimate of drug-likeness (QED) is 0.910. The van der Waals surface area contributed by atoms with Crippen LogP contribution in [0.5, 0.6) is 0 Å². The van der Waals surface area contributed by atoms with E-state index in [9.17, 15) is 8.42 Å². The molecule has 0 aliphatic heterocycles. The molecule has 0 aromatic carbocycles. The molecular formula is C9H11BrN4O2S2. The Morgan fingerprint density at radius 3 is 2.72 bits per heavy atom. The van der Waals surface area contributed by atoms with Crippen LogP contribution < -0.4 is 5.14 Å². The van der Waals surface area contributed by atoms with Gasteiger partial charge in [-0.3, -0.25) is 4.57 Å². The Kier molecular flexibility index (Phi) is 3.85. The Morgan fingerprint density at radius 2 is 2.22 bits per heavy atom. The number of halogens is 1. The molecule has 2 aromatic heterocycles. The van der Waals surface area contributed by atoms with Crippen molar-refractivity contribution in [3.05, 3.63) is 15.2 Å². The van der Waals surface area contributed by atoms with Gasteiger partial charge < -0.3 is 0 Å². The van der Waals surface area contributed by atoms with Crippen LogP contribution in [0.3, 0.4) is 0 Å². The normalized spacial score (nSPS) is 11.9. The zero-order chi connectivity index (χ0) is 13.3. The lowest BCUT2D eigenvalue weighted by Crippen LogP contribution is -2.19. The third-order valence-electron chi connectivity index (χ3n) is 2.24. The van der Waals surface area contributed by atoms with Crippen LogP contribution in [0, 0.1) is 0 Å². The average Bonchev–Trinajstić information content (AvgIpc) is 2.83. The van der Waals surface area contributed by atoms with Gasteiger partial charge in [0.1, 0.15) is 0 Å². The van der Waals surface area contributed by atoms with Crippen molar-refractivity contribution in [2.75, 3.05) is 0 Å². The molecule has 0 bridgehead atoms. The molecule has 0 aliphatic carbocycles. The third kappa shape index (κ3) is 2.63. The summed E-state index contributed by atoms with van der Waals surface area (Å²) in [5.74, 6) is 0.517. The standard InChI is InChI=1S/C9H11BrN4O2S2/c1-2-3-14-8(6-4-7(10)17-5-6)12-13-9(14)18(11,15)16/h4-5H,2-3H2,1H3,(H2,11,15,16). The summed E-state index contributed by atoms with van der Waals surface area (Å²) in [7, 11) is -3.85. The molecule has 0 saturated heterocycles. The van der Waals surface area contributed by atoms with Crippen molar-refractivity contribution in [3.63, 3.8) is 0 Å². The van der Waals surface area contributed by atoms with Crippen LogP contribution in [-0.2, 0) is 16.6 Å². The lowest BCUT2D eigenvalue weighted by atomic mass is 10.3. The Bertz CT molecular complexity index is 662. The minimum atomic E-state index is -3.85. The van der Waals surface area contributed by atoms with Crippen molar-refractivity contribution in [3.8, 4) is 11.4 Å². The van der Waals surface area contributed by atoms with Crippen molar-refractivity contribution in [2.45, 2.75) is 25.0 Å². The van der Waals surface area contributed by atoms with Gasteiger partial charge in [0.2, 0.25) is 0 Å². The number of aromatic nitrogens is 3. The highest BCUT2D eigenvalue weighted by atomic mass is 79.9. The zero-order valence-corrected chi connectivity index (χ0v) is 12.7.